The molecule has 0 heterocycles. The Hall–Kier alpha value is -0.133. The fourth-order valence-corrected chi connectivity index (χ4v) is 9.37. The van der Waals surface area contributed by atoms with E-state index in [0.29, 0.717) is 10.3 Å². The summed E-state index contributed by atoms with van der Waals surface area (Å²) in [5.41, 5.74) is 3.32. The van der Waals surface area contributed by atoms with Crippen LogP contribution in [0.25, 0.3) is 0 Å². The predicted molar refractivity (Wildman–Crippen MR) is 146 cm³/mol. The van der Waals surface area contributed by atoms with Crippen molar-refractivity contribution in [3.8, 4) is 0 Å². The van der Waals surface area contributed by atoms with Crippen molar-refractivity contribution in [3.05, 3.63) is 29.3 Å². The van der Waals surface area contributed by atoms with E-state index in [2.05, 4.69) is 86.3 Å². The Balaban J connectivity index is 2.91. The first-order valence-electron chi connectivity index (χ1n) is 12.7. The van der Waals surface area contributed by atoms with Crippen molar-refractivity contribution in [2.75, 3.05) is 0 Å². The van der Waals surface area contributed by atoms with Gasteiger partial charge >= 0.3 is 0 Å². The summed E-state index contributed by atoms with van der Waals surface area (Å²) in [4.78, 5) is 0. The molecule has 0 aliphatic rings. The quantitative estimate of drug-likeness (QED) is 0.170. The van der Waals surface area contributed by atoms with Crippen LogP contribution in [-0.4, -0.2) is 18.4 Å². The van der Waals surface area contributed by atoms with Gasteiger partial charge in [-0.25, -0.2) is 0 Å². The molecular formula is C28H53PSi. The SMILES string of the molecule is CCCCCCCCCCc1ccc([Si](C)(C)C)cc1CP(C(C)(C)C)C(C)(C)C. The lowest BCUT2D eigenvalue weighted by molar-refractivity contribution is 0.575. The molecule has 0 nitrogen and oxygen atoms in total. The van der Waals surface area contributed by atoms with Crippen molar-refractivity contribution in [3.63, 3.8) is 0 Å². The van der Waals surface area contributed by atoms with Crippen LogP contribution in [0.4, 0.5) is 0 Å². The van der Waals surface area contributed by atoms with E-state index in [0.717, 1.165) is 0 Å². The summed E-state index contributed by atoms with van der Waals surface area (Å²) in [5.74, 6) is 0. The van der Waals surface area contributed by atoms with E-state index in [1.54, 1.807) is 16.3 Å². The van der Waals surface area contributed by atoms with Crippen LogP contribution in [0, 0.1) is 0 Å². The smallest absolute Gasteiger partial charge is 0.0776 e. The molecule has 0 unspecified atom stereocenters. The van der Waals surface area contributed by atoms with Crippen LogP contribution in [0.2, 0.25) is 19.6 Å². The Morgan fingerprint density at radius 3 is 1.67 bits per heavy atom. The summed E-state index contributed by atoms with van der Waals surface area (Å²) in [6.07, 6.45) is 13.8. The topological polar surface area (TPSA) is 0 Å². The molecule has 0 bridgehead atoms. The van der Waals surface area contributed by atoms with Gasteiger partial charge in [-0.3, -0.25) is 0 Å². The van der Waals surface area contributed by atoms with Crippen molar-refractivity contribution in [1.29, 1.82) is 0 Å². The first kappa shape index (κ1) is 27.9. The number of rotatable bonds is 12. The molecule has 2 heteroatoms. The summed E-state index contributed by atoms with van der Waals surface area (Å²) in [7, 11) is -1.38. The molecule has 0 aliphatic carbocycles. The van der Waals surface area contributed by atoms with Gasteiger partial charge in [-0.1, -0.05) is 144 Å². The summed E-state index contributed by atoms with van der Waals surface area (Å²) in [5, 5.41) is 2.41. The van der Waals surface area contributed by atoms with E-state index in [4.69, 9.17) is 0 Å². The average molecular weight is 449 g/mol. The van der Waals surface area contributed by atoms with Crippen molar-refractivity contribution in [1.82, 2.24) is 0 Å². The lowest BCUT2D eigenvalue weighted by Crippen LogP contribution is -2.38. The zero-order chi connectivity index (χ0) is 23.0. The van der Waals surface area contributed by atoms with E-state index < -0.39 is 8.07 Å². The van der Waals surface area contributed by atoms with Gasteiger partial charge < -0.3 is 0 Å². The number of unbranched alkanes of at least 4 members (excludes halogenated alkanes) is 7. The highest BCUT2D eigenvalue weighted by Gasteiger charge is 2.34. The molecule has 0 saturated heterocycles. The van der Waals surface area contributed by atoms with Crippen LogP contribution >= 0.6 is 7.92 Å². The number of hydrogen-bond donors (Lipinski definition) is 0. The fourth-order valence-electron chi connectivity index (χ4n) is 4.58. The number of benzene rings is 1. The van der Waals surface area contributed by atoms with Crippen LogP contribution in [-0.2, 0) is 12.6 Å². The molecule has 0 radical (unpaired) electrons. The van der Waals surface area contributed by atoms with Gasteiger partial charge in [0, 0.05) is 0 Å². The molecule has 0 aromatic heterocycles. The first-order chi connectivity index (χ1) is 13.8. The minimum Gasteiger partial charge on any atom is -0.0911 e. The van der Waals surface area contributed by atoms with Gasteiger partial charge in [-0.15, -0.1) is 0 Å². The Kier molecular flexibility index (Phi) is 11.3. The Bertz CT molecular complexity index is 599. The maximum atomic E-state index is 2.62. The third-order valence-corrected chi connectivity index (χ3v) is 12.3. The highest BCUT2D eigenvalue weighted by atomic mass is 31.1. The molecule has 0 saturated carbocycles. The number of aryl methyl sites for hydroxylation is 1. The molecule has 1 aromatic carbocycles. The predicted octanol–water partition coefficient (Wildman–Crippen LogP) is 9.49. The normalized spacial score (nSPS) is 13.3. The molecule has 0 N–H and O–H groups in total. The van der Waals surface area contributed by atoms with Gasteiger partial charge in [0.15, 0.2) is 0 Å². The van der Waals surface area contributed by atoms with Crippen molar-refractivity contribution in [2.24, 2.45) is 0 Å². The second kappa shape index (κ2) is 12.2. The Morgan fingerprint density at radius 2 is 1.20 bits per heavy atom. The summed E-state index contributed by atoms with van der Waals surface area (Å²) >= 11 is 0. The molecule has 0 aliphatic heterocycles. The van der Waals surface area contributed by atoms with Crippen LogP contribution in [0.1, 0.15) is 111 Å². The fraction of sp³-hybridized carbons (Fsp3) is 0.786. The molecule has 0 amide bonds. The molecule has 174 valence electrons. The zero-order valence-electron chi connectivity index (χ0n) is 22.3. The third kappa shape index (κ3) is 9.99. The van der Waals surface area contributed by atoms with E-state index >= 15 is 0 Å². The van der Waals surface area contributed by atoms with Crippen molar-refractivity contribution in [2.45, 2.75) is 142 Å². The second-order valence-corrected chi connectivity index (χ2v) is 21.3. The minimum absolute atomic E-state index is 0.0985. The van der Waals surface area contributed by atoms with Crippen LogP contribution in [0.5, 0.6) is 0 Å². The van der Waals surface area contributed by atoms with Gasteiger partial charge in [0.2, 0.25) is 0 Å². The molecule has 0 atom stereocenters. The lowest BCUT2D eigenvalue weighted by Gasteiger charge is -2.42. The van der Waals surface area contributed by atoms with E-state index in [9.17, 15) is 0 Å². The van der Waals surface area contributed by atoms with Gasteiger partial charge in [0.1, 0.15) is 0 Å². The van der Waals surface area contributed by atoms with Crippen LogP contribution < -0.4 is 5.19 Å². The van der Waals surface area contributed by atoms with Crippen molar-refractivity contribution >= 4 is 21.2 Å². The summed E-state index contributed by atoms with van der Waals surface area (Å²) in [6, 6.07) is 7.59. The summed E-state index contributed by atoms with van der Waals surface area (Å²) in [6.45, 7) is 24.5. The lowest BCUT2D eigenvalue weighted by atomic mass is 10.0. The van der Waals surface area contributed by atoms with Crippen molar-refractivity contribution < 1.29 is 0 Å². The van der Waals surface area contributed by atoms with E-state index in [1.165, 1.54) is 63.9 Å². The second-order valence-electron chi connectivity index (χ2n) is 12.4. The molecule has 1 rings (SSSR count). The summed E-state index contributed by atoms with van der Waals surface area (Å²) < 4.78 is 0. The minimum atomic E-state index is -1.28. The third-order valence-electron chi connectivity index (χ3n) is 6.32. The van der Waals surface area contributed by atoms with Gasteiger partial charge in [0.25, 0.3) is 0 Å². The van der Waals surface area contributed by atoms with Gasteiger partial charge in [0.05, 0.1) is 8.07 Å². The molecular weight excluding hydrogens is 395 g/mol. The Labute approximate surface area is 192 Å². The maximum absolute atomic E-state index is 2.62. The molecule has 1 aromatic rings. The monoisotopic (exact) mass is 448 g/mol. The van der Waals surface area contributed by atoms with Gasteiger partial charge in [-0.2, -0.15) is 0 Å². The Morgan fingerprint density at radius 1 is 0.700 bits per heavy atom. The molecule has 30 heavy (non-hydrogen) atoms. The number of hydrogen-bond acceptors (Lipinski definition) is 0. The zero-order valence-corrected chi connectivity index (χ0v) is 24.1. The maximum Gasteiger partial charge on any atom is 0.0776 e. The highest BCUT2D eigenvalue weighted by molar-refractivity contribution is 7.60. The molecule has 0 fully saturated rings. The average Bonchev–Trinajstić information content (AvgIpc) is 2.59. The molecule has 0 spiro atoms. The highest BCUT2D eigenvalue weighted by Crippen LogP contribution is 2.61. The largest absolute Gasteiger partial charge is 0.0911 e. The van der Waals surface area contributed by atoms with E-state index in [-0.39, 0.29) is 7.92 Å². The standard InChI is InChI=1S/C28H53PSi/c1-11-12-13-14-15-16-17-18-19-24-20-21-26(30(8,9)10)22-25(24)23-29(27(2,3)4)28(5,6)7/h20-22H,11-19,23H2,1-10H3. The van der Waals surface area contributed by atoms with E-state index in [1.807, 2.05) is 0 Å². The first-order valence-corrected chi connectivity index (χ1v) is 17.7. The van der Waals surface area contributed by atoms with Crippen LogP contribution in [0.15, 0.2) is 18.2 Å². The van der Waals surface area contributed by atoms with Crippen LogP contribution in [0.3, 0.4) is 0 Å². The van der Waals surface area contributed by atoms with Gasteiger partial charge in [-0.05, 0) is 40.4 Å².